The summed E-state index contributed by atoms with van der Waals surface area (Å²) in [6.45, 7) is -0.235. The molecule has 0 spiro atoms. The van der Waals surface area contributed by atoms with E-state index >= 15 is 0 Å². The van der Waals surface area contributed by atoms with Crippen molar-refractivity contribution < 1.29 is 13.5 Å². The van der Waals surface area contributed by atoms with Gasteiger partial charge in [0.05, 0.1) is 6.61 Å². The minimum Gasteiger partial charge on any atom is -0.392 e. The molecule has 0 saturated carbocycles. The standard InChI is InChI=1S/C11H10BrN3O3S/c12-9-4-3-8(7-16)6-10(9)19(17,18)15-11-2-1-5-13-14-11/h1-6,16H,7H2,(H,14,15). The van der Waals surface area contributed by atoms with E-state index in [4.69, 9.17) is 5.11 Å². The maximum Gasteiger partial charge on any atom is 0.264 e. The summed E-state index contributed by atoms with van der Waals surface area (Å²) in [6.07, 6.45) is 1.44. The molecule has 0 unspecified atom stereocenters. The Labute approximate surface area is 118 Å². The van der Waals surface area contributed by atoms with Crippen molar-refractivity contribution in [2.75, 3.05) is 4.72 Å². The lowest BCUT2D eigenvalue weighted by Gasteiger charge is -2.09. The first-order chi connectivity index (χ1) is 9.03. The Morgan fingerprint density at radius 3 is 2.74 bits per heavy atom. The van der Waals surface area contributed by atoms with E-state index in [1.54, 1.807) is 18.2 Å². The van der Waals surface area contributed by atoms with E-state index in [9.17, 15) is 8.42 Å². The summed E-state index contributed by atoms with van der Waals surface area (Å²) < 4.78 is 27.1. The second-order valence-electron chi connectivity index (χ2n) is 3.64. The number of aromatic nitrogens is 2. The fourth-order valence-corrected chi connectivity index (χ4v) is 3.41. The minimum absolute atomic E-state index is 0.0321. The lowest BCUT2D eigenvalue weighted by Crippen LogP contribution is -2.15. The molecule has 1 aromatic carbocycles. The van der Waals surface area contributed by atoms with Crippen molar-refractivity contribution in [1.82, 2.24) is 10.2 Å². The van der Waals surface area contributed by atoms with Gasteiger partial charge in [0.25, 0.3) is 10.0 Å². The quantitative estimate of drug-likeness (QED) is 0.878. The number of hydrogen-bond acceptors (Lipinski definition) is 5. The Bertz CT molecular complexity index is 677. The van der Waals surface area contributed by atoms with Crippen molar-refractivity contribution in [3.63, 3.8) is 0 Å². The van der Waals surface area contributed by atoms with E-state index in [0.29, 0.717) is 10.0 Å². The highest BCUT2D eigenvalue weighted by atomic mass is 79.9. The fourth-order valence-electron chi connectivity index (χ4n) is 1.40. The molecule has 19 heavy (non-hydrogen) atoms. The Balaban J connectivity index is 2.39. The highest BCUT2D eigenvalue weighted by molar-refractivity contribution is 9.10. The third-order valence-electron chi connectivity index (χ3n) is 2.28. The molecule has 1 heterocycles. The van der Waals surface area contributed by atoms with Gasteiger partial charge in [-0.25, -0.2) is 8.42 Å². The van der Waals surface area contributed by atoms with E-state index in [2.05, 4.69) is 30.8 Å². The molecular weight excluding hydrogens is 334 g/mol. The van der Waals surface area contributed by atoms with Crippen LogP contribution < -0.4 is 4.72 Å². The molecule has 0 saturated heterocycles. The van der Waals surface area contributed by atoms with E-state index in [1.807, 2.05) is 0 Å². The van der Waals surface area contributed by atoms with Crippen LogP contribution in [-0.2, 0) is 16.6 Å². The van der Waals surface area contributed by atoms with Crippen LogP contribution in [-0.4, -0.2) is 23.7 Å². The van der Waals surface area contributed by atoms with Crippen molar-refractivity contribution in [3.05, 3.63) is 46.6 Å². The average molecular weight is 344 g/mol. The normalized spacial score (nSPS) is 11.3. The lowest BCUT2D eigenvalue weighted by atomic mass is 10.2. The van der Waals surface area contributed by atoms with Crippen LogP contribution in [0.15, 0.2) is 45.9 Å². The first-order valence-electron chi connectivity index (χ1n) is 5.23. The molecule has 0 amide bonds. The Hall–Kier alpha value is -1.51. The molecule has 1 aromatic heterocycles. The number of anilines is 1. The van der Waals surface area contributed by atoms with Gasteiger partial charge in [0, 0.05) is 10.7 Å². The number of aliphatic hydroxyl groups excluding tert-OH is 1. The topological polar surface area (TPSA) is 92.2 Å². The number of nitrogens with one attached hydrogen (secondary N) is 1. The van der Waals surface area contributed by atoms with Crippen molar-refractivity contribution >= 4 is 31.8 Å². The first kappa shape index (κ1) is 13.9. The monoisotopic (exact) mass is 343 g/mol. The van der Waals surface area contributed by atoms with Gasteiger partial charge in [0.15, 0.2) is 5.82 Å². The highest BCUT2D eigenvalue weighted by Gasteiger charge is 2.18. The molecule has 0 radical (unpaired) electrons. The van der Waals surface area contributed by atoms with Gasteiger partial charge in [-0.3, -0.25) is 4.72 Å². The third-order valence-corrected chi connectivity index (χ3v) is 4.63. The van der Waals surface area contributed by atoms with Gasteiger partial charge < -0.3 is 5.11 Å². The number of halogens is 1. The van der Waals surface area contributed by atoms with Crippen molar-refractivity contribution in [1.29, 1.82) is 0 Å². The SMILES string of the molecule is O=S(=O)(Nc1cccnn1)c1cc(CO)ccc1Br. The van der Waals surface area contributed by atoms with E-state index < -0.39 is 10.0 Å². The lowest BCUT2D eigenvalue weighted by molar-refractivity contribution is 0.281. The molecule has 0 atom stereocenters. The predicted octanol–water partition coefficient (Wildman–Crippen LogP) is 1.53. The maximum absolute atomic E-state index is 12.2. The van der Waals surface area contributed by atoms with Gasteiger partial charge in [-0.2, -0.15) is 5.10 Å². The molecule has 100 valence electrons. The average Bonchev–Trinajstić information content (AvgIpc) is 2.39. The zero-order valence-electron chi connectivity index (χ0n) is 9.62. The summed E-state index contributed by atoms with van der Waals surface area (Å²) >= 11 is 3.17. The zero-order chi connectivity index (χ0) is 13.9. The van der Waals surface area contributed by atoms with Crippen molar-refractivity contribution in [3.8, 4) is 0 Å². The van der Waals surface area contributed by atoms with Gasteiger partial charge in [0.1, 0.15) is 4.90 Å². The molecule has 0 aliphatic rings. The summed E-state index contributed by atoms with van der Waals surface area (Å²) in [6, 6.07) is 7.66. The number of sulfonamides is 1. The molecule has 2 rings (SSSR count). The number of hydrogen-bond donors (Lipinski definition) is 2. The van der Waals surface area contributed by atoms with Crippen LogP contribution in [0.5, 0.6) is 0 Å². The van der Waals surface area contributed by atoms with Crippen molar-refractivity contribution in [2.24, 2.45) is 0 Å². The molecular formula is C11H10BrN3O3S. The first-order valence-corrected chi connectivity index (χ1v) is 7.50. The molecule has 2 N–H and O–H groups in total. The van der Waals surface area contributed by atoms with Gasteiger partial charge >= 0.3 is 0 Å². The van der Waals surface area contributed by atoms with E-state index in [1.165, 1.54) is 18.3 Å². The maximum atomic E-state index is 12.2. The number of aliphatic hydroxyl groups is 1. The minimum atomic E-state index is -3.79. The Morgan fingerprint density at radius 1 is 1.32 bits per heavy atom. The third kappa shape index (κ3) is 3.28. The highest BCUT2D eigenvalue weighted by Crippen LogP contribution is 2.24. The van der Waals surface area contributed by atoms with Crippen molar-refractivity contribution in [2.45, 2.75) is 11.5 Å². The van der Waals surface area contributed by atoms with Crippen LogP contribution in [0.4, 0.5) is 5.82 Å². The van der Waals surface area contributed by atoms with Crippen LogP contribution >= 0.6 is 15.9 Å². The van der Waals surface area contributed by atoms with E-state index in [0.717, 1.165) is 0 Å². The summed E-state index contributed by atoms with van der Waals surface area (Å²) in [5, 5.41) is 16.3. The molecule has 6 nitrogen and oxygen atoms in total. The van der Waals surface area contributed by atoms with Gasteiger partial charge in [-0.15, -0.1) is 5.10 Å². The predicted molar refractivity (Wildman–Crippen MR) is 72.9 cm³/mol. The second kappa shape index (κ2) is 5.64. The van der Waals surface area contributed by atoms with Crippen LogP contribution in [0.1, 0.15) is 5.56 Å². The summed E-state index contributed by atoms with van der Waals surface area (Å²) in [7, 11) is -3.79. The van der Waals surface area contributed by atoms with Crippen LogP contribution in [0, 0.1) is 0 Å². The molecule has 8 heteroatoms. The summed E-state index contributed by atoms with van der Waals surface area (Å²) in [4.78, 5) is 0.0321. The van der Waals surface area contributed by atoms with Crippen LogP contribution in [0.2, 0.25) is 0 Å². The molecule has 0 aliphatic heterocycles. The van der Waals surface area contributed by atoms with Gasteiger partial charge in [-0.05, 0) is 45.8 Å². The number of nitrogens with zero attached hydrogens (tertiary/aromatic N) is 2. The zero-order valence-corrected chi connectivity index (χ0v) is 12.0. The summed E-state index contributed by atoms with van der Waals surface area (Å²) in [5.74, 6) is 0.129. The van der Waals surface area contributed by atoms with Gasteiger partial charge in [0.2, 0.25) is 0 Å². The van der Waals surface area contributed by atoms with Crippen LogP contribution in [0.25, 0.3) is 0 Å². The molecule has 2 aromatic rings. The number of rotatable bonds is 4. The fraction of sp³-hybridized carbons (Fsp3) is 0.0909. The smallest absolute Gasteiger partial charge is 0.264 e. The Morgan fingerprint density at radius 2 is 2.11 bits per heavy atom. The molecule has 0 aliphatic carbocycles. The molecule has 0 bridgehead atoms. The number of benzene rings is 1. The summed E-state index contributed by atoms with van der Waals surface area (Å²) in [5.41, 5.74) is 0.503. The van der Waals surface area contributed by atoms with Gasteiger partial charge in [-0.1, -0.05) is 6.07 Å². The largest absolute Gasteiger partial charge is 0.392 e. The molecule has 0 fully saturated rings. The van der Waals surface area contributed by atoms with E-state index in [-0.39, 0.29) is 17.3 Å². The Kier molecular flexibility index (Phi) is 4.13. The second-order valence-corrected chi connectivity index (χ2v) is 6.14. The van der Waals surface area contributed by atoms with Crippen LogP contribution in [0.3, 0.4) is 0 Å².